The second-order valence-electron chi connectivity index (χ2n) is 6.72. The molecule has 25 heavy (non-hydrogen) atoms. The molecule has 1 aliphatic rings. The van der Waals surface area contributed by atoms with Gasteiger partial charge in [-0.2, -0.15) is 5.10 Å². The number of nitrogens with zero attached hydrogens (tertiary/aromatic N) is 4. The molecule has 0 saturated carbocycles. The van der Waals surface area contributed by atoms with Crippen molar-refractivity contribution >= 4 is 5.91 Å². The molecule has 2 aromatic rings. The molecule has 134 valence electrons. The summed E-state index contributed by atoms with van der Waals surface area (Å²) in [7, 11) is 0. The molecular formula is C19H27N5O. The van der Waals surface area contributed by atoms with E-state index >= 15 is 0 Å². The van der Waals surface area contributed by atoms with E-state index < -0.39 is 0 Å². The van der Waals surface area contributed by atoms with Crippen LogP contribution in [-0.4, -0.2) is 57.1 Å². The molecule has 6 heteroatoms. The van der Waals surface area contributed by atoms with Crippen LogP contribution in [0.25, 0.3) is 0 Å². The topological polar surface area (TPSA) is 65.1 Å². The summed E-state index contributed by atoms with van der Waals surface area (Å²) in [6.07, 6.45) is 1.42. The summed E-state index contributed by atoms with van der Waals surface area (Å²) >= 11 is 0. The average Bonchev–Trinajstić information content (AvgIpc) is 3.10. The number of amides is 1. The number of aromatic amines is 1. The predicted molar refractivity (Wildman–Crippen MR) is 97.1 cm³/mol. The van der Waals surface area contributed by atoms with Gasteiger partial charge < -0.3 is 4.90 Å². The molecule has 1 amide bonds. The zero-order valence-electron chi connectivity index (χ0n) is 15.1. The maximum atomic E-state index is 12.6. The van der Waals surface area contributed by atoms with Crippen LogP contribution in [0, 0.1) is 0 Å². The predicted octanol–water partition coefficient (Wildman–Crippen LogP) is 2.21. The zero-order chi connectivity index (χ0) is 17.6. The number of carbonyl (C=O) groups excluding carboxylic acids is 1. The minimum Gasteiger partial charge on any atom is -0.340 e. The number of benzene rings is 1. The highest BCUT2D eigenvalue weighted by molar-refractivity contribution is 5.77. The largest absolute Gasteiger partial charge is 0.340 e. The first-order chi connectivity index (χ1) is 12.2. The van der Waals surface area contributed by atoms with Crippen LogP contribution >= 0.6 is 0 Å². The summed E-state index contributed by atoms with van der Waals surface area (Å²) < 4.78 is 0. The number of aryl methyl sites for hydroxylation is 1. The highest BCUT2D eigenvalue weighted by Gasteiger charge is 2.23. The number of hydrogen-bond acceptors (Lipinski definition) is 4. The number of piperazine rings is 1. The minimum absolute atomic E-state index is 0.254. The molecule has 0 aliphatic carbocycles. The third-order valence-corrected chi connectivity index (χ3v) is 4.84. The minimum atomic E-state index is 0.254. The molecule has 6 nitrogen and oxygen atoms in total. The number of rotatable bonds is 6. The van der Waals surface area contributed by atoms with E-state index in [2.05, 4.69) is 39.1 Å². The van der Waals surface area contributed by atoms with E-state index in [0.29, 0.717) is 6.42 Å². The fourth-order valence-corrected chi connectivity index (χ4v) is 3.22. The van der Waals surface area contributed by atoms with Crippen LogP contribution < -0.4 is 0 Å². The van der Waals surface area contributed by atoms with E-state index in [9.17, 15) is 4.79 Å². The average molecular weight is 341 g/mol. The van der Waals surface area contributed by atoms with Crippen molar-refractivity contribution in [1.29, 1.82) is 0 Å². The van der Waals surface area contributed by atoms with Gasteiger partial charge in [0.05, 0.1) is 6.54 Å². The van der Waals surface area contributed by atoms with Crippen molar-refractivity contribution in [2.75, 3.05) is 26.2 Å². The Hall–Kier alpha value is -2.21. The van der Waals surface area contributed by atoms with Gasteiger partial charge in [0.2, 0.25) is 5.91 Å². The SMILES string of the molecule is CCc1n[nH]c(CN2CCN(C(=O)C[C@@H](C)c3ccccc3)CC2)n1. The molecular weight excluding hydrogens is 314 g/mol. The van der Waals surface area contributed by atoms with Crippen molar-refractivity contribution in [3.8, 4) is 0 Å². The second kappa shape index (κ2) is 8.25. The zero-order valence-corrected chi connectivity index (χ0v) is 15.1. The van der Waals surface area contributed by atoms with Crippen LogP contribution in [0.2, 0.25) is 0 Å². The van der Waals surface area contributed by atoms with Gasteiger partial charge in [-0.15, -0.1) is 0 Å². The van der Waals surface area contributed by atoms with Crippen molar-refractivity contribution in [1.82, 2.24) is 25.0 Å². The standard InChI is InChI=1S/C19H27N5O/c1-3-17-20-18(22-21-17)14-23-9-11-24(12-10-23)19(25)13-15(2)16-7-5-4-6-8-16/h4-8,15H,3,9-14H2,1-2H3,(H,20,21,22)/t15-/m1/s1. The van der Waals surface area contributed by atoms with Crippen molar-refractivity contribution < 1.29 is 4.79 Å². The fourth-order valence-electron chi connectivity index (χ4n) is 3.22. The summed E-state index contributed by atoms with van der Waals surface area (Å²) in [6, 6.07) is 10.3. The first kappa shape index (κ1) is 17.6. The van der Waals surface area contributed by atoms with Gasteiger partial charge in [-0.1, -0.05) is 44.2 Å². The normalized spacial score (nSPS) is 16.8. The molecule has 1 atom stereocenters. The van der Waals surface area contributed by atoms with Crippen molar-refractivity contribution in [3.05, 3.63) is 47.5 Å². The third kappa shape index (κ3) is 4.66. The monoisotopic (exact) mass is 341 g/mol. The van der Waals surface area contributed by atoms with E-state index in [0.717, 1.165) is 50.8 Å². The molecule has 1 saturated heterocycles. The maximum absolute atomic E-state index is 12.6. The Morgan fingerprint density at radius 1 is 1.20 bits per heavy atom. The molecule has 1 fully saturated rings. The molecule has 2 heterocycles. The maximum Gasteiger partial charge on any atom is 0.223 e. The Balaban J connectivity index is 1.46. The molecule has 3 rings (SSSR count). The summed E-state index contributed by atoms with van der Waals surface area (Å²) in [4.78, 5) is 21.3. The van der Waals surface area contributed by atoms with Crippen LogP contribution in [0.4, 0.5) is 0 Å². The highest BCUT2D eigenvalue weighted by Crippen LogP contribution is 2.20. The van der Waals surface area contributed by atoms with Gasteiger partial charge >= 0.3 is 0 Å². The van der Waals surface area contributed by atoms with E-state index in [1.54, 1.807) is 0 Å². The summed E-state index contributed by atoms with van der Waals surface area (Å²) in [5.41, 5.74) is 1.23. The van der Waals surface area contributed by atoms with Crippen LogP contribution in [0.3, 0.4) is 0 Å². The van der Waals surface area contributed by atoms with E-state index in [1.165, 1.54) is 5.56 Å². The van der Waals surface area contributed by atoms with Gasteiger partial charge in [-0.25, -0.2) is 4.98 Å². The Morgan fingerprint density at radius 2 is 1.92 bits per heavy atom. The molecule has 1 aliphatic heterocycles. The van der Waals surface area contributed by atoms with Crippen molar-refractivity contribution in [2.24, 2.45) is 0 Å². The van der Waals surface area contributed by atoms with Gasteiger partial charge in [0.25, 0.3) is 0 Å². The van der Waals surface area contributed by atoms with Gasteiger partial charge in [0.1, 0.15) is 11.6 Å². The lowest BCUT2D eigenvalue weighted by molar-refractivity contribution is -0.133. The Kier molecular flexibility index (Phi) is 5.81. The third-order valence-electron chi connectivity index (χ3n) is 4.84. The summed E-state index contributed by atoms with van der Waals surface area (Å²) in [6.45, 7) is 8.29. The molecule has 1 N–H and O–H groups in total. The van der Waals surface area contributed by atoms with Crippen molar-refractivity contribution in [2.45, 2.75) is 39.2 Å². The van der Waals surface area contributed by atoms with Crippen LogP contribution in [0.5, 0.6) is 0 Å². The fraction of sp³-hybridized carbons (Fsp3) is 0.526. The Morgan fingerprint density at radius 3 is 2.56 bits per heavy atom. The number of carbonyl (C=O) groups is 1. The Labute approximate surface area is 149 Å². The van der Waals surface area contributed by atoms with Gasteiger partial charge in [-0.3, -0.25) is 14.8 Å². The quantitative estimate of drug-likeness (QED) is 0.875. The molecule has 0 spiro atoms. The molecule has 0 radical (unpaired) electrons. The first-order valence-electron chi connectivity index (χ1n) is 9.11. The number of aromatic nitrogens is 3. The van der Waals surface area contributed by atoms with Crippen LogP contribution in [-0.2, 0) is 17.8 Å². The number of nitrogens with one attached hydrogen (secondary N) is 1. The van der Waals surface area contributed by atoms with Gasteiger partial charge in [0.15, 0.2) is 0 Å². The van der Waals surface area contributed by atoms with Crippen LogP contribution in [0.1, 0.15) is 43.4 Å². The number of H-pyrrole nitrogens is 1. The van der Waals surface area contributed by atoms with E-state index in [1.807, 2.05) is 30.0 Å². The molecule has 1 aromatic heterocycles. The smallest absolute Gasteiger partial charge is 0.223 e. The lowest BCUT2D eigenvalue weighted by Gasteiger charge is -2.34. The van der Waals surface area contributed by atoms with Crippen molar-refractivity contribution in [3.63, 3.8) is 0 Å². The van der Waals surface area contributed by atoms with E-state index in [-0.39, 0.29) is 11.8 Å². The highest BCUT2D eigenvalue weighted by atomic mass is 16.2. The summed E-state index contributed by atoms with van der Waals surface area (Å²) in [5.74, 6) is 2.28. The van der Waals surface area contributed by atoms with E-state index in [4.69, 9.17) is 0 Å². The lowest BCUT2D eigenvalue weighted by atomic mass is 9.97. The second-order valence-corrected chi connectivity index (χ2v) is 6.72. The first-order valence-corrected chi connectivity index (χ1v) is 9.11. The van der Waals surface area contributed by atoms with Gasteiger partial charge in [-0.05, 0) is 11.5 Å². The molecule has 0 unspecified atom stereocenters. The van der Waals surface area contributed by atoms with Gasteiger partial charge in [0, 0.05) is 39.0 Å². The Bertz CT molecular complexity index is 676. The summed E-state index contributed by atoms with van der Waals surface area (Å²) in [5, 5.41) is 7.18. The lowest BCUT2D eigenvalue weighted by Crippen LogP contribution is -2.48. The number of hydrogen-bond donors (Lipinski definition) is 1. The molecule has 0 bridgehead atoms. The molecule has 1 aromatic carbocycles. The van der Waals surface area contributed by atoms with Crippen LogP contribution in [0.15, 0.2) is 30.3 Å².